The molecule has 4 heteroatoms. The second-order valence-electron chi connectivity index (χ2n) is 5.21. The van der Waals surface area contributed by atoms with Gasteiger partial charge in [-0.1, -0.05) is 6.07 Å². The molecule has 3 rings (SSSR count). The fourth-order valence-electron chi connectivity index (χ4n) is 2.81. The molecule has 0 unspecified atom stereocenters. The molecular weight excluding hydrogens is 240 g/mol. The highest BCUT2D eigenvalue weighted by Gasteiger charge is 2.26. The highest BCUT2D eigenvalue weighted by molar-refractivity contribution is 6.15. The van der Waals surface area contributed by atoms with Crippen molar-refractivity contribution in [2.24, 2.45) is 0 Å². The van der Waals surface area contributed by atoms with Gasteiger partial charge in [-0.3, -0.25) is 14.5 Å². The first-order chi connectivity index (χ1) is 9.25. The first kappa shape index (κ1) is 12.4. The Labute approximate surface area is 112 Å². The minimum absolute atomic E-state index is 0.0637. The minimum Gasteiger partial charge on any atom is -0.312 e. The number of hydrogen-bond donors (Lipinski definition) is 1. The van der Waals surface area contributed by atoms with Crippen molar-refractivity contribution in [2.75, 3.05) is 11.4 Å². The number of carbonyl (C=O) groups excluding carboxylic acids is 2. The number of imide groups is 1. The van der Waals surface area contributed by atoms with Crippen LogP contribution in [0.4, 0.5) is 5.69 Å². The molecule has 1 fully saturated rings. The summed E-state index contributed by atoms with van der Waals surface area (Å²) in [4.78, 5) is 25.5. The molecule has 2 amide bonds. The van der Waals surface area contributed by atoms with Crippen LogP contribution in [0.1, 0.15) is 36.8 Å². The molecule has 0 saturated carbocycles. The van der Waals surface area contributed by atoms with Crippen molar-refractivity contribution in [1.82, 2.24) is 5.32 Å². The Morgan fingerprint density at radius 1 is 0.947 bits per heavy atom. The van der Waals surface area contributed by atoms with Crippen molar-refractivity contribution >= 4 is 17.5 Å². The molecule has 2 aliphatic heterocycles. The summed E-state index contributed by atoms with van der Waals surface area (Å²) in [6.45, 7) is 1.81. The zero-order chi connectivity index (χ0) is 13.2. The molecule has 2 heterocycles. The van der Waals surface area contributed by atoms with Crippen LogP contribution in [-0.2, 0) is 22.6 Å². The summed E-state index contributed by atoms with van der Waals surface area (Å²) in [5.74, 6) is -0.127. The standard InChI is InChI=1S/C15H18N2O2/c18-14-3-1-2-4-15(19)17(14)13-6-5-11-7-8-16-10-12(11)9-13/h5-6,9,16H,1-4,7-8,10H2. The van der Waals surface area contributed by atoms with E-state index < -0.39 is 0 Å². The third-order valence-electron chi connectivity index (χ3n) is 3.86. The summed E-state index contributed by atoms with van der Waals surface area (Å²) in [6, 6.07) is 5.95. The third kappa shape index (κ3) is 2.40. The molecule has 0 aliphatic carbocycles. The maximum atomic E-state index is 12.1. The molecule has 19 heavy (non-hydrogen) atoms. The number of nitrogens with one attached hydrogen (secondary N) is 1. The van der Waals surface area contributed by atoms with Crippen LogP contribution in [0.25, 0.3) is 0 Å². The first-order valence-corrected chi connectivity index (χ1v) is 6.94. The summed E-state index contributed by atoms with van der Waals surface area (Å²) in [6.07, 6.45) is 3.58. The Bertz CT molecular complexity index is 507. The van der Waals surface area contributed by atoms with Gasteiger partial charge in [0.15, 0.2) is 0 Å². The Hall–Kier alpha value is -1.68. The van der Waals surface area contributed by atoms with Gasteiger partial charge in [0.05, 0.1) is 5.69 Å². The van der Waals surface area contributed by atoms with Crippen LogP contribution in [-0.4, -0.2) is 18.4 Å². The molecule has 1 N–H and O–H groups in total. The Balaban J connectivity index is 1.95. The van der Waals surface area contributed by atoms with E-state index in [4.69, 9.17) is 0 Å². The smallest absolute Gasteiger partial charge is 0.233 e. The number of carbonyl (C=O) groups is 2. The van der Waals surface area contributed by atoms with E-state index in [1.54, 1.807) is 0 Å². The van der Waals surface area contributed by atoms with Gasteiger partial charge in [-0.25, -0.2) is 0 Å². The van der Waals surface area contributed by atoms with E-state index in [0.29, 0.717) is 12.8 Å². The molecule has 1 saturated heterocycles. The van der Waals surface area contributed by atoms with Crippen LogP contribution < -0.4 is 10.2 Å². The summed E-state index contributed by atoms with van der Waals surface area (Å²) >= 11 is 0. The molecule has 0 spiro atoms. The summed E-state index contributed by atoms with van der Waals surface area (Å²) in [5, 5.41) is 3.32. The second kappa shape index (κ2) is 5.13. The SMILES string of the molecule is O=C1CCCCC(=O)N1c1ccc2c(c1)CNCC2. The van der Waals surface area contributed by atoms with Crippen LogP contribution in [0.3, 0.4) is 0 Å². The molecule has 0 bridgehead atoms. The molecular formula is C15H18N2O2. The van der Waals surface area contributed by atoms with Gasteiger partial charge >= 0.3 is 0 Å². The summed E-state index contributed by atoms with van der Waals surface area (Å²) in [5.41, 5.74) is 3.25. The second-order valence-corrected chi connectivity index (χ2v) is 5.21. The number of hydrogen-bond acceptors (Lipinski definition) is 3. The monoisotopic (exact) mass is 258 g/mol. The maximum Gasteiger partial charge on any atom is 0.233 e. The van der Waals surface area contributed by atoms with Crippen molar-refractivity contribution in [3.8, 4) is 0 Å². The highest BCUT2D eigenvalue weighted by atomic mass is 16.2. The van der Waals surface area contributed by atoms with Crippen molar-refractivity contribution in [1.29, 1.82) is 0 Å². The molecule has 0 atom stereocenters. The Kier molecular flexibility index (Phi) is 3.34. The zero-order valence-corrected chi connectivity index (χ0v) is 10.9. The average Bonchev–Trinajstić information content (AvgIpc) is 2.59. The predicted molar refractivity (Wildman–Crippen MR) is 72.8 cm³/mol. The lowest BCUT2D eigenvalue weighted by Gasteiger charge is -2.23. The number of rotatable bonds is 1. The first-order valence-electron chi connectivity index (χ1n) is 6.94. The topological polar surface area (TPSA) is 49.4 Å². The van der Waals surface area contributed by atoms with Gasteiger partial charge in [0.25, 0.3) is 0 Å². The third-order valence-corrected chi connectivity index (χ3v) is 3.86. The van der Waals surface area contributed by atoms with Crippen LogP contribution in [0.2, 0.25) is 0 Å². The van der Waals surface area contributed by atoms with Gasteiger partial charge in [-0.2, -0.15) is 0 Å². The maximum absolute atomic E-state index is 12.1. The lowest BCUT2D eigenvalue weighted by atomic mass is 10.00. The number of benzene rings is 1. The van der Waals surface area contributed by atoms with E-state index >= 15 is 0 Å². The largest absolute Gasteiger partial charge is 0.312 e. The predicted octanol–water partition coefficient (Wildman–Crippen LogP) is 1.77. The Morgan fingerprint density at radius 3 is 2.42 bits per heavy atom. The molecule has 4 nitrogen and oxygen atoms in total. The molecule has 100 valence electrons. The van der Waals surface area contributed by atoms with Crippen molar-refractivity contribution in [3.05, 3.63) is 29.3 Å². The van der Waals surface area contributed by atoms with Crippen LogP contribution in [0.5, 0.6) is 0 Å². The van der Waals surface area contributed by atoms with Crippen molar-refractivity contribution in [2.45, 2.75) is 38.6 Å². The molecule has 1 aromatic rings. The summed E-state index contributed by atoms with van der Waals surface area (Å²) < 4.78 is 0. The molecule has 0 aromatic heterocycles. The summed E-state index contributed by atoms with van der Waals surface area (Å²) in [7, 11) is 0. The minimum atomic E-state index is -0.0637. The lowest BCUT2D eigenvalue weighted by Crippen LogP contribution is -2.35. The molecule has 1 aromatic carbocycles. The van der Waals surface area contributed by atoms with Gasteiger partial charge < -0.3 is 5.32 Å². The lowest BCUT2D eigenvalue weighted by molar-refractivity contribution is -0.125. The Morgan fingerprint density at radius 2 is 1.68 bits per heavy atom. The fraction of sp³-hybridized carbons (Fsp3) is 0.467. The van der Waals surface area contributed by atoms with Gasteiger partial charge in [-0.15, -0.1) is 0 Å². The van der Waals surface area contributed by atoms with E-state index in [9.17, 15) is 9.59 Å². The molecule has 2 aliphatic rings. The number of fused-ring (bicyclic) bond motifs is 1. The van der Waals surface area contributed by atoms with E-state index in [1.165, 1.54) is 16.0 Å². The quantitative estimate of drug-likeness (QED) is 0.781. The van der Waals surface area contributed by atoms with Crippen LogP contribution >= 0.6 is 0 Å². The average molecular weight is 258 g/mol. The highest BCUT2D eigenvalue weighted by Crippen LogP contribution is 2.25. The molecule has 0 radical (unpaired) electrons. The fourth-order valence-corrected chi connectivity index (χ4v) is 2.81. The van der Waals surface area contributed by atoms with E-state index in [2.05, 4.69) is 11.4 Å². The van der Waals surface area contributed by atoms with Gasteiger partial charge in [0.1, 0.15) is 0 Å². The van der Waals surface area contributed by atoms with Gasteiger partial charge in [0, 0.05) is 19.4 Å². The normalized spacial score (nSPS) is 20.1. The van der Waals surface area contributed by atoms with Crippen LogP contribution in [0, 0.1) is 0 Å². The van der Waals surface area contributed by atoms with E-state index in [1.807, 2.05) is 12.1 Å². The number of amides is 2. The van der Waals surface area contributed by atoms with Crippen molar-refractivity contribution < 1.29 is 9.59 Å². The zero-order valence-electron chi connectivity index (χ0n) is 10.9. The van der Waals surface area contributed by atoms with E-state index in [-0.39, 0.29) is 11.8 Å². The van der Waals surface area contributed by atoms with Gasteiger partial charge in [-0.05, 0) is 49.1 Å². The van der Waals surface area contributed by atoms with Gasteiger partial charge in [0.2, 0.25) is 11.8 Å². The van der Waals surface area contributed by atoms with Crippen molar-refractivity contribution in [3.63, 3.8) is 0 Å². The number of nitrogens with zero attached hydrogens (tertiary/aromatic N) is 1. The number of anilines is 1. The van der Waals surface area contributed by atoms with E-state index in [0.717, 1.165) is 38.0 Å². The van der Waals surface area contributed by atoms with Crippen LogP contribution in [0.15, 0.2) is 18.2 Å².